The zero-order valence-electron chi connectivity index (χ0n) is 19.7. The molecule has 33 heavy (non-hydrogen) atoms. The number of halogens is 1. The van der Waals surface area contributed by atoms with E-state index in [9.17, 15) is 18.0 Å². The molecule has 2 aromatic rings. The summed E-state index contributed by atoms with van der Waals surface area (Å²) in [5.41, 5.74) is 1.93. The maximum atomic E-state index is 13.4. The summed E-state index contributed by atoms with van der Waals surface area (Å²) in [5, 5.41) is 3.28. The Balaban J connectivity index is 2.31. The number of aryl methyl sites for hydroxylation is 1. The summed E-state index contributed by atoms with van der Waals surface area (Å²) in [5.74, 6) is -0.724. The molecule has 2 aromatic carbocycles. The Morgan fingerprint density at radius 2 is 1.61 bits per heavy atom. The lowest BCUT2D eigenvalue weighted by molar-refractivity contribution is -0.141. The van der Waals surface area contributed by atoms with Gasteiger partial charge in [0.25, 0.3) is 0 Å². The van der Waals surface area contributed by atoms with Gasteiger partial charge in [-0.1, -0.05) is 48.4 Å². The zero-order valence-corrected chi connectivity index (χ0v) is 21.3. The number of carbonyl (C=O) groups excluding carboxylic acids is 2. The number of nitrogens with one attached hydrogen (secondary N) is 1. The van der Waals surface area contributed by atoms with Gasteiger partial charge in [-0.05, 0) is 57.0 Å². The number of hydrogen-bond donors (Lipinski definition) is 1. The lowest BCUT2D eigenvalue weighted by Gasteiger charge is -2.32. The molecule has 0 spiro atoms. The summed E-state index contributed by atoms with van der Waals surface area (Å²) in [4.78, 5) is 27.7. The average Bonchev–Trinajstić information content (AvgIpc) is 2.74. The van der Waals surface area contributed by atoms with Crippen molar-refractivity contribution in [2.24, 2.45) is 0 Å². The number of amides is 2. The van der Waals surface area contributed by atoms with Crippen molar-refractivity contribution in [3.05, 3.63) is 64.7 Å². The Hall–Kier alpha value is -2.42. The fourth-order valence-electron chi connectivity index (χ4n) is 3.34. The summed E-state index contributed by atoms with van der Waals surface area (Å²) in [6.07, 6.45) is 0.393. The van der Waals surface area contributed by atoms with Crippen molar-refractivity contribution >= 4 is 33.4 Å². The fourth-order valence-corrected chi connectivity index (χ4v) is 4.59. The maximum absolute atomic E-state index is 13.4. The van der Waals surface area contributed by atoms with Crippen LogP contribution in [0.1, 0.15) is 38.3 Å². The van der Waals surface area contributed by atoms with Crippen LogP contribution in [0.2, 0.25) is 5.02 Å². The molecule has 2 rings (SSSR count). The van der Waals surface area contributed by atoms with Crippen molar-refractivity contribution in [2.75, 3.05) is 13.6 Å². The van der Waals surface area contributed by atoms with E-state index >= 15 is 0 Å². The van der Waals surface area contributed by atoms with E-state index in [1.807, 2.05) is 52.0 Å². The van der Waals surface area contributed by atoms with E-state index in [2.05, 4.69) is 5.32 Å². The van der Waals surface area contributed by atoms with E-state index in [4.69, 9.17) is 11.6 Å². The van der Waals surface area contributed by atoms with Crippen LogP contribution in [-0.4, -0.2) is 55.1 Å². The van der Waals surface area contributed by atoms with Gasteiger partial charge in [0, 0.05) is 24.7 Å². The van der Waals surface area contributed by atoms with Crippen LogP contribution in [0.25, 0.3) is 0 Å². The molecule has 0 heterocycles. The molecule has 9 heteroatoms. The topological polar surface area (TPSA) is 86.8 Å². The molecule has 0 fully saturated rings. The molecule has 0 aliphatic heterocycles. The van der Waals surface area contributed by atoms with Crippen LogP contribution >= 0.6 is 11.6 Å². The molecule has 0 aliphatic rings. The van der Waals surface area contributed by atoms with Gasteiger partial charge in [0.2, 0.25) is 21.8 Å². The Bertz CT molecular complexity index is 1050. The second kappa shape index (κ2) is 11.6. The van der Waals surface area contributed by atoms with E-state index < -0.39 is 28.5 Å². The molecule has 0 bridgehead atoms. The minimum Gasteiger partial charge on any atom is -0.352 e. The zero-order chi connectivity index (χ0) is 24.8. The van der Waals surface area contributed by atoms with Crippen LogP contribution in [0.3, 0.4) is 0 Å². The normalized spacial score (nSPS) is 12.6. The maximum Gasteiger partial charge on any atom is 0.243 e. The number of hydrogen-bond acceptors (Lipinski definition) is 4. The highest BCUT2D eigenvalue weighted by Crippen LogP contribution is 2.19. The predicted molar refractivity (Wildman–Crippen MR) is 130 cm³/mol. The van der Waals surface area contributed by atoms with Crippen LogP contribution in [0.15, 0.2) is 53.4 Å². The quantitative estimate of drug-likeness (QED) is 0.547. The molecule has 1 atom stereocenters. The van der Waals surface area contributed by atoms with Gasteiger partial charge in [0.05, 0.1) is 11.4 Å². The first-order valence-corrected chi connectivity index (χ1v) is 12.6. The van der Waals surface area contributed by atoms with Gasteiger partial charge in [-0.3, -0.25) is 9.59 Å². The molecule has 7 nitrogen and oxygen atoms in total. The largest absolute Gasteiger partial charge is 0.352 e. The van der Waals surface area contributed by atoms with Crippen molar-refractivity contribution in [3.8, 4) is 0 Å². The summed E-state index contributed by atoms with van der Waals surface area (Å²) in [7, 11) is -2.56. The second-order valence-electron chi connectivity index (χ2n) is 8.31. The lowest BCUT2D eigenvalue weighted by atomic mass is 10.1. The monoisotopic (exact) mass is 493 g/mol. The van der Waals surface area contributed by atoms with Crippen molar-refractivity contribution in [1.29, 1.82) is 0 Å². The molecular formula is C24H32ClN3O4S. The SMILES string of the molecule is CCC(C(=O)NC(C)C)N(Cc1ccc(C)cc1)C(=O)CN(C)S(=O)(=O)c1ccc(Cl)cc1. The predicted octanol–water partition coefficient (Wildman–Crippen LogP) is 3.60. The van der Waals surface area contributed by atoms with Crippen molar-refractivity contribution in [3.63, 3.8) is 0 Å². The van der Waals surface area contributed by atoms with E-state index in [1.165, 1.54) is 36.2 Å². The second-order valence-corrected chi connectivity index (χ2v) is 10.8. The van der Waals surface area contributed by atoms with Crippen LogP contribution in [0, 0.1) is 6.92 Å². The minimum atomic E-state index is -3.91. The first-order chi connectivity index (χ1) is 15.4. The van der Waals surface area contributed by atoms with Crippen LogP contribution < -0.4 is 5.32 Å². The number of nitrogens with zero attached hydrogens (tertiary/aromatic N) is 2. The smallest absolute Gasteiger partial charge is 0.243 e. The summed E-state index contributed by atoms with van der Waals surface area (Å²) in [6.45, 7) is 7.29. The van der Waals surface area contributed by atoms with Gasteiger partial charge in [0.1, 0.15) is 6.04 Å². The third-order valence-corrected chi connectivity index (χ3v) is 7.24. The lowest BCUT2D eigenvalue weighted by Crippen LogP contribution is -2.52. The Morgan fingerprint density at radius 3 is 2.12 bits per heavy atom. The number of sulfonamides is 1. The Morgan fingerprint density at radius 1 is 1.03 bits per heavy atom. The van der Waals surface area contributed by atoms with Gasteiger partial charge < -0.3 is 10.2 Å². The molecule has 2 amide bonds. The third-order valence-electron chi connectivity index (χ3n) is 5.17. The van der Waals surface area contributed by atoms with E-state index in [-0.39, 0.29) is 23.4 Å². The Kier molecular flexibility index (Phi) is 9.46. The summed E-state index contributed by atoms with van der Waals surface area (Å²) < 4.78 is 26.9. The third kappa shape index (κ3) is 7.28. The molecule has 1 unspecified atom stereocenters. The number of likely N-dealkylation sites (N-methyl/N-ethyl adjacent to an activating group) is 1. The van der Waals surface area contributed by atoms with E-state index in [0.717, 1.165) is 15.4 Å². The van der Waals surface area contributed by atoms with Gasteiger partial charge in [-0.15, -0.1) is 0 Å². The highest BCUT2D eigenvalue weighted by molar-refractivity contribution is 7.89. The summed E-state index contributed by atoms with van der Waals surface area (Å²) >= 11 is 5.86. The molecule has 1 N–H and O–H groups in total. The van der Waals surface area contributed by atoms with E-state index in [1.54, 1.807) is 0 Å². The standard InChI is InChI=1S/C24H32ClN3O4S/c1-6-22(24(30)26-17(2)3)28(15-19-9-7-18(4)8-10-19)23(29)16-27(5)33(31,32)21-13-11-20(25)12-14-21/h7-14,17,22H,6,15-16H2,1-5H3,(H,26,30). The first kappa shape index (κ1) is 26.8. The molecule has 0 aliphatic carbocycles. The van der Waals surface area contributed by atoms with Gasteiger partial charge in [-0.25, -0.2) is 8.42 Å². The number of rotatable bonds is 10. The molecule has 0 saturated heterocycles. The molecule has 0 saturated carbocycles. The van der Waals surface area contributed by atoms with Crippen molar-refractivity contribution in [2.45, 2.75) is 57.6 Å². The fraction of sp³-hybridized carbons (Fsp3) is 0.417. The van der Waals surface area contributed by atoms with Crippen molar-refractivity contribution < 1.29 is 18.0 Å². The van der Waals surface area contributed by atoms with Gasteiger partial charge in [-0.2, -0.15) is 4.31 Å². The van der Waals surface area contributed by atoms with Crippen LogP contribution in [0.5, 0.6) is 0 Å². The molecule has 0 aromatic heterocycles. The highest BCUT2D eigenvalue weighted by atomic mass is 35.5. The van der Waals surface area contributed by atoms with E-state index in [0.29, 0.717) is 11.4 Å². The molecule has 0 radical (unpaired) electrons. The van der Waals surface area contributed by atoms with Crippen LogP contribution in [0.4, 0.5) is 0 Å². The average molecular weight is 494 g/mol. The van der Waals surface area contributed by atoms with Crippen molar-refractivity contribution in [1.82, 2.24) is 14.5 Å². The number of benzene rings is 2. The van der Waals surface area contributed by atoms with Gasteiger partial charge >= 0.3 is 0 Å². The summed E-state index contributed by atoms with van der Waals surface area (Å²) in [6, 6.07) is 12.6. The highest BCUT2D eigenvalue weighted by Gasteiger charge is 2.32. The van der Waals surface area contributed by atoms with Crippen LogP contribution in [-0.2, 0) is 26.2 Å². The minimum absolute atomic E-state index is 0.0388. The number of carbonyl (C=O) groups is 2. The molecular weight excluding hydrogens is 462 g/mol. The van der Waals surface area contributed by atoms with Gasteiger partial charge in [0.15, 0.2) is 0 Å². The molecule has 180 valence electrons. The Labute approximate surface area is 201 Å². The first-order valence-electron chi connectivity index (χ1n) is 10.8.